The van der Waals surface area contributed by atoms with Gasteiger partial charge < -0.3 is 25.0 Å². The molecule has 5 atom stereocenters. The van der Waals surface area contributed by atoms with Gasteiger partial charge in [0.05, 0.1) is 6.10 Å². The Balaban J connectivity index is 1.78. The zero-order chi connectivity index (χ0) is 20.5. The molecule has 3 rings (SSSR count). The van der Waals surface area contributed by atoms with Gasteiger partial charge in [0.1, 0.15) is 12.6 Å². The molecule has 4 N–H and O–H groups in total. The van der Waals surface area contributed by atoms with Crippen molar-refractivity contribution in [2.24, 2.45) is 11.3 Å². The van der Waals surface area contributed by atoms with Crippen LogP contribution in [0.5, 0.6) is 0 Å². The van der Waals surface area contributed by atoms with Crippen LogP contribution >= 0.6 is 0 Å². The third kappa shape index (κ3) is 3.74. The number of nitrogens with zero attached hydrogens (tertiary/aromatic N) is 1. The molecule has 1 aliphatic heterocycles. The number of amides is 1. The first-order chi connectivity index (χ1) is 13.3. The van der Waals surface area contributed by atoms with E-state index in [1.54, 1.807) is 6.92 Å². The summed E-state index contributed by atoms with van der Waals surface area (Å²) < 4.78 is 5.38. The van der Waals surface area contributed by atoms with Crippen molar-refractivity contribution in [3.63, 3.8) is 0 Å². The lowest BCUT2D eigenvalue weighted by Crippen LogP contribution is -2.53. The van der Waals surface area contributed by atoms with Crippen molar-refractivity contribution in [1.29, 1.82) is 0 Å². The molecule has 1 amide bonds. The Hall–Kier alpha value is -2.10. The highest BCUT2D eigenvalue weighted by atomic mass is 16.6. The normalized spacial score (nSPS) is 31.1. The van der Waals surface area contributed by atoms with Crippen LogP contribution in [0.2, 0.25) is 6.32 Å². The van der Waals surface area contributed by atoms with Crippen LogP contribution < -0.4 is 0 Å². The Labute approximate surface area is 163 Å². The fourth-order valence-electron chi connectivity index (χ4n) is 4.86. The second-order valence-corrected chi connectivity index (χ2v) is 7.96. The second kappa shape index (κ2) is 8.10. The number of aliphatic hydroxyl groups excluding tert-OH is 1. The summed E-state index contributed by atoms with van der Waals surface area (Å²) in [7, 11) is -1.47. The molecule has 0 bridgehead atoms. The Kier molecular flexibility index (Phi) is 5.97. The van der Waals surface area contributed by atoms with E-state index >= 15 is 0 Å². The largest absolute Gasteiger partial charge is 0.480 e. The number of hydrogen-bond donors (Lipinski definition) is 4. The van der Waals surface area contributed by atoms with Crippen LogP contribution in [0.15, 0.2) is 30.3 Å². The average molecular weight is 391 g/mol. The topological polar surface area (TPSA) is 128 Å². The highest BCUT2D eigenvalue weighted by molar-refractivity contribution is 6.40. The van der Waals surface area contributed by atoms with E-state index in [2.05, 4.69) is 0 Å². The number of rotatable bonds is 7. The van der Waals surface area contributed by atoms with E-state index < -0.39 is 42.8 Å². The van der Waals surface area contributed by atoms with Crippen LogP contribution in [0.3, 0.4) is 0 Å². The van der Waals surface area contributed by atoms with Gasteiger partial charge in [0.15, 0.2) is 0 Å². The number of benzene rings is 1. The second-order valence-electron chi connectivity index (χ2n) is 7.96. The lowest BCUT2D eigenvalue weighted by atomic mass is 9.60. The summed E-state index contributed by atoms with van der Waals surface area (Å²) in [6.45, 7) is 1.79. The number of carboxylic acids is 1. The summed E-state index contributed by atoms with van der Waals surface area (Å²) in [4.78, 5) is 26.1. The molecule has 0 radical (unpaired) electrons. The van der Waals surface area contributed by atoms with Gasteiger partial charge in [-0.2, -0.15) is 0 Å². The van der Waals surface area contributed by atoms with Gasteiger partial charge in [0, 0.05) is 17.4 Å². The molecule has 1 aromatic rings. The van der Waals surface area contributed by atoms with Crippen molar-refractivity contribution >= 4 is 19.2 Å². The molecule has 1 aliphatic carbocycles. The molecule has 1 saturated heterocycles. The summed E-state index contributed by atoms with van der Waals surface area (Å²) >= 11 is 0. The summed E-state index contributed by atoms with van der Waals surface area (Å²) in [5.41, 5.74) is -0.0822. The smallest absolute Gasteiger partial charge is 0.451 e. The van der Waals surface area contributed by atoms with E-state index in [-0.39, 0.29) is 18.8 Å². The predicted molar refractivity (Wildman–Crippen MR) is 100 cm³/mol. The molecule has 2 aliphatic rings. The van der Waals surface area contributed by atoms with Crippen LogP contribution in [0.25, 0.3) is 0 Å². The van der Waals surface area contributed by atoms with Crippen LogP contribution in [0.4, 0.5) is 4.79 Å². The van der Waals surface area contributed by atoms with Crippen molar-refractivity contribution in [2.75, 3.05) is 0 Å². The fraction of sp³-hybridized carbons (Fsp3) is 0.579. The Morgan fingerprint density at radius 3 is 2.54 bits per heavy atom. The van der Waals surface area contributed by atoms with Gasteiger partial charge >= 0.3 is 19.2 Å². The number of ether oxygens (including phenoxy) is 1. The Morgan fingerprint density at radius 1 is 1.29 bits per heavy atom. The summed E-state index contributed by atoms with van der Waals surface area (Å²) in [5.74, 6) is -1.53. The molecule has 0 spiro atoms. The van der Waals surface area contributed by atoms with Crippen molar-refractivity contribution < 1.29 is 34.6 Å². The minimum atomic E-state index is -1.47. The van der Waals surface area contributed by atoms with Gasteiger partial charge in [-0.05, 0) is 24.7 Å². The molecule has 8 nitrogen and oxygen atoms in total. The predicted octanol–water partition coefficient (Wildman–Crippen LogP) is 1.10. The van der Waals surface area contributed by atoms with Gasteiger partial charge in [0.2, 0.25) is 0 Å². The van der Waals surface area contributed by atoms with Gasteiger partial charge in [-0.1, -0.05) is 43.7 Å². The van der Waals surface area contributed by atoms with E-state index in [0.29, 0.717) is 19.3 Å². The first kappa shape index (κ1) is 20.6. The lowest BCUT2D eigenvalue weighted by molar-refractivity contribution is -0.145. The van der Waals surface area contributed by atoms with E-state index in [9.17, 15) is 19.8 Å². The number of aliphatic hydroxyl groups is 1. The number of hydrogen-bond acceptors (Lipinski definition) is 6. The number of aliphatic carboxylic acids is 1. The maximum absolute atomic E-state index is 12.8. The maximum atomic E-state index is 12.8. The highest BCUT2D eigenvalue weighted by Crippen LogP contribution is 2.57. The molecule has 2 fully saturated rings. The molecule has 9 heteroatoms. The zero-order valence-electron chi connectivity index (χ0n) is 15.8. The van der Waals surface area contributed by atoms with Crippen LogP contribution in [0.1, 0.15) is 31.7 Å². The molecule has 1 heterocycles. The van der Waals surface area contributed by atoms with E-state index in [0.717, 1.165) is 5.56 Å². The summed E-state index contributed by atoms with van der Waals surface area (Å²) in [6.07, 6.45) is -0.254. The average Bonchev–Trinajstić information content (AvgIpc) is 2.83. The van der Waals surface area contributed by atoms with E-state index in [4.69, 9.17) is 14.8 Å². The third-order valence-corrected chi connectivity index (χ3v) is 6.16. The van der Waals surface area contributed by atoms with Gasteiger partial charge in [0.25, 0.3) is 0 Å². The first-order valence-electron chi connectivity index (χ1n) is 9.51. The molecular formula is C19H26BNO7. The Bertz CT molecular complexity index is 715. The highest BCUT2D eigenvalue weighted by Gasteiger charge is 2.67. The fourth-order valence-corrected chi connectivity index (χ4v) is 4.86. The minimum absolute atomic E-state index is 0.0376. The number of carboxylic acid groups (broad SMARTS) is 1. The van der Waals surface area contributed by atoms with Crippen molar-refractivity contribution in [3.8, 4) is 0 Å². The van der Waals surface area contributed by atoms with Crippen molar-refractivity contribution in [1.82, 2.24) is 4.90 Å². The lowest BCUT2D eigenvalue weighted by Gasteiger charge is -2.44. The molecule has 0 unspecified atom stereocenters. The van der Waals surface area contributed by atoms with Crippen LogP contribution in [0, 0.1) is 11.3 Å². The van der Waals surface area contributed by atoms with Crippen LogP contribution in [-0.2, 0) is 16.1 Å². The number of likely N-dealkylation sites (tertiary alicyclic amines) is 1. The molecule has 28 heavy (non-hydrogen) atoms. The van der Waals surface area contributed by atoms with Gasteiger partial charge in [-0.3, -0.25) is 4.90 Å². The quantitative estimate of drug-likeness (QED) is 0.513. The number of fused-ring (bicyclic) bond motifs is 1. The zero-order valence-corrected chi connectivity index (χ0v) is 15.8. The standard InChI is InChI=1S/C19H26BNO7/c1-19(8-5-9-20(26)27)15-13(10-14(15)22)21(16(19)17(23)24)18(25)28-11-12-6-3-2-4-7-12/h2-4,6-7,13-16,22,26-27H,5,8-11H2,1H3,(H,23,24)/t13-,14-,15-,16-,19-/m1/s1. The summed E-state index contributed by atoms with van der Waals surface area (Å²) in [6, 6.07) is 7.58. The Morgan fingerprint density at radius 2 is 1.96 bits per heavy atom. The first-order valence-corrected chi connectivity index (χ1v) is 9.51. The van der Waals surface area contributed by atoms with E-state index in [1.807, 2.05) is 30.3 Å². The summed E-state index contributed by atoms with van der Waals surface area (Å²) in [5, 5.41) is 38.4. The third-order valence-electron chi connectivity index (χ3n) is 6.16. The molecule has 152 valence electrons. The monoisotopic (exact) mass is 391 g/mol. The number of carbonyl (C=O) groups excluding carboxylic acids is 1. The molecule has 0 aromatic heterocycles. The molecule has 1 saturated carbocycles. The number of carbonyl (C=O) groups is 2. The van der Waals surface area contributed by atoms with Gasteiger partial charge in [-0.25, -0.2) is 9.59 Å². The SMILES string of the molecule is C[C@@]1(CCCB(O)O)[C@H]2[C@H](O)C[C@H]2N(C(=O)OCc2ccccc2)[C@@H]1C(=O)O. The van der Waals surface area contributed by atoms with E-state index in [1.165, 1.54) is 4.90 Å². The minimum Gasteiger partial charge on any atom is -0.480 e. The van der Waals surface area contributed by atoms with Crippen molar-refractivity contribution in [3.05, 3.63) is 35.9 Å². The molecule has 1 aromatic carbocycles. The molecular weight excluding hydrogens is 365 g/mol. The van der Waals surface area contributed by atoms with Gasteiger partial charge in [-0.15, -0.1) is 0 Å². The maximum Gasteiger partial charge on any atom is 0.451 e. The van der Waals surface area contributed by atoms with Crippen LogP contribution in [-0.4, -0.2) is 62.5 Å². The van der Waals surface area contributed by atoms with Crippen molar-refractivity contribution in [2.45, 2.75) is 57.3 Å².